The third-order valence-electron chi connectivity index (χ3n) is 1.54. The molecule has 0 fully saturated rings. The Labute approximate surface area is 76.6 Å². The SMILES string of the molecule is C[N+]1=CC=[N+](CCOC(=O)S)C1. The lowest BCUT2D eigenvalue weighted by Gasteiger charge is -1.96. The van der Waals surface area contributed by atoms with E-state index in [9.17, 15) is 4.79 Å². The molecule has 0 amide bonds. The summed E-state index contributed by atoms with van der Waals surface area (Å²) in [5, 5.41) is -0.522. The highest BCUT2D eigenvalue weighted by Gasteiger charge is 2.15. The first-order valence-electron chi connectivity index (χ1n) is 3.67. The molecule has 0 N–H and O–H groups in total. The first-order chi connectivity index (χ1) is 5.68. The van der Waals surface area contributed by atoms with E-state index < -0.39 is 5.30 Å². The normalized spacial score (nSPS) is 15.5. The first-order valence-corrected chi connectivity index (χ1v) is 4.11. The summed E-state index contributed by atoms with van der Waals surface area (Å²) in [6, 6.07) is 0. The van der Waals surface area contributed by atoms with Crippen LogP contribution in [0.25, 0.3) is 0 Å². The zero-order valence-corrected chi connectivity index (χ0v) is 7.83. The fourth-order valence-electron chi connectivity index (χ4n) is 0.984. The Morgan fingerprint density at radius 3 is 2.92 bits per heavy atom. The van der Waals surface area contributed by atoms with Gasteiger partial charge in [-0.15, -0.1) is 0 Å². The van der Waals surface area contributed by atoms with Crippen LogP contribution in [-0.4, -0.2) is 53.7 Å². The Bertz CT molecular complexity index is 248. The molecule has 0 spiro atoms. The van der Waals surface area contributed by atoms with E-state index in [-0.39, 0.29) is 0 Å². The topological polar surface area (TPSA) is 32.3 Å². The van der Waals surface area contributed by atoms with Crippen molar-refractivity contribution in [3.05, 3.63) is 0 Å². The maximum atomic E-state index is 10.3. The van der Waals surface area contributed by atoms with Gasteiger partial charge < -0.3 is 4.74 Å². The van der Waals surface area contributed by atoms with Gasteiger partial charge in [0.15, 0.2) is 13.2 Å². The van der Waals surface area contributed by atoms with Crippen LogP contribution < -0.4 is 0 Å². The molecular formula is C7H12N2O2S+2. The van der Waals surface area contributed by atoms with Crippen LogP contribution >= 0.6 is 12.6 Å². The standard InChI is InChI=1S/C7H11N2O2S/c1-8-2-3-9(6-8)4-5-11-7(10)12/h2-3H,4-6H2,1H3/q+1/p+1. The van der Waals surface area contributed by atoms with Crippen molar-refractivity contribution in [1.82, 2.24) is 0 Å². The van der Waals surface area contributed by atoms with Gasteiger partial charge in [-0.1, -0.05) is 12.6 Å². The molecule has 66 valence electrons. The molecule has 0 aromatic heterocycles. The lowest BCUT2D eigenvalue weighted by atomic mass is 10.6. The number of thiol groups is 1. The molecule has 0 unspecified atom stereocenters. The van der Waals surface area contributed by atoms with E-state index in [2.05, 4.69) is 21.9 Å². The fourth-order valence-corrected chi connectivity index (χ4v) is 1.08. The summed E-state index contributed by atoms with van der Waals surface area (Å²) in [4.78, 5) is 10.3. The number of nitrogens with zero attached hydrogens (tertiary/aromatic N) is 2. The zero-order chi connectivity index (χ0) is 8.97. The largest absolute Gasteiger partial charge is 0.451 e. The molecule has 0 saturated carbocycles. The summed E-state index contributed by atoms with van der Waals surface area (Å²) >= 11 is 3.48. The van der Waals surface area contributed by atoms with Crippen molar-refractivity contribution >= 4 is 30.4 Å². The monoisotopic (exact) mass is 188 g/mol. The minimum Gasteiger partial charge on any atom is -0.451 e. The summed E-state index contributed by atoms with van der Waals surface area (Å²) in [5.41, 5.74) is 0. The van der Waals surface area contributed by atoms with Crippen molar-refractivity contribution in [3.63, 3.8) is 0 Å². The average Bonchev–Trinajstić information content (AvgIpc) is 2.35. The van der Waals surface area contributed by atoms with Gasteiger partial charge in [0, 0.05) is 0 Å². The number of carbonyl (C=O) groups excluding carboxylic acids is 1. The molecule has 1 aliphatic heterocycles. The molecule has 0 atom stereocenters. The van der Waals surface area contributed by atoms with Crippen molar-refractivity contribution in [1.29, 1.82) is 0 Å². The quantitative estimate of drug-likeness (QED) is 0.378. The lowest BCUT2D eigenvalue weighted by Crippen LogP contribution is -2.20. The second kappa shape index (κ2) is 4.25. The molecule has 1 rings (SSSR count). The van der Waals surface area contributed by atoms with E-state index in [0.717, 1.165) is 6.67 Å². The fraction of sp³-hybridized carbons (Fsp3) is 0.571. The minimum absolute atomic E-state index is 0.389. The van der Waals surface area contributed by atoms with Crippen LogP contribution in [-0.2, 0) is 4.74 Å². The van der Waals surface area contributed by atoms with Gasteiger partial charge in [-0.05, 0) is 0 Å². The Hall–Kier alpha value is -0.840. The van der Waals surface area contributed by atoms with Crippen molar-refractivity contribution in [2.45, 2.75) is 0 Å². The molecule has 0 bridgehead atoms. The van der Waals surface area contributed by atoms with Crippen LogP contribution in [0.3, 0.4) is 0 Å². The molecule has 0 aromatic rings. The molecule has 0 aliphatic carbocycles. The van der Waals surface area contributed by atoms with Gasteiger partial charge in [0.2, 0.25) is 12.4 Å². The van der Waals surface area contributed by atoms with Crippen molar-refractivity contribution in [3.8, 4) is 0 Å². The van der Waals surface area contributed by atoms with Gasteiger partial charge >= 0.3 is 12.0 Å². The average molecular weight is 188 g/mol. The molecule has 4 nitrogen and oxygen atoms in total. The van der Waals surface area contributed by atoms with E-state index in [0.29, 0.717) is 13.2 Å². The Morgan fingerprint density at radius 1 is 1.67 bits per heavy atom. The second-order valence-corrected chi connectivity index (χ2v) is 2.99. The molecule has 5 heteroatoms. The molecule has 12 heavy (non-hydrogen) atoms. The van der Waals surface area contributed by atoms with Gasteiger partial charge in [-0.25, -0.2) is 4.79 Å². The molecule has 0 aromatic carbocycles. The highest BCUT2D eigenvalue weighted by molar-refractivity contribution is 7.96. The maximum Gasteiger partial charge on any atom is 0.364 e. The minimum atomic E-state index is -0.522. The molecular weight excluding hydrogens is 176 g/mol. The lowest BCUT2D eigenvalue weighted by molar-refractivity contribution is -0.699. The number of ether oxygens (including phenoxy) is 1. The Balaban J connectivity index is 2.14. The predicted molar refractivity (Wildman–Crippen MR) is 48.6 cm³/mol. The third kappa shape index (κ3) is 3.04. The van der Waals surface area contributed by atoms with Gasteiger partial charge in [0.25, 0.3) is 0 Å². The van der Waals surface area contributed by atoms with Crippen LogP contribution in [0.15, 0.2) is 0 Å². The summed E-state index contributed by atoms with van der Waals surface area (Å²) in [7, 11) is 1.99. The van der Waals surface area contributed by atoms with Crippen LogP contribution in [0.5, 0.6) is 0 Å². The molecule has 0 radical (unpaired) electrons. The van der Waals surface area contributed by atoms with Crippen molar-refractivity contribution in [2.24, 2.45) is 0 Å². The Morgan fingerprint density at radius 2 is 2.42 bits per heavy atom. The van der Waals surface area contributed by atoms with E-state index in [4.69, 9.17) is 0 Å². The van der Waals surface area contributed by atoms with E-state index in [1.807, 2.05) is 24.1 Å². The molecule has 1 heterocycles. The van der Waals surface area contributed by atoms with Crippen LogP contribution in [0.1, 0.15) is 0 Å². The number of rotatable bonds is 3. The van der Waals surface area contributed by atoms with Gasteiger partial charge in [-0.3, -0.25) is 0 Å². The number of carbonyl (C=O) groups is 1. The predicted octanol–water partition coefficient (Wildman–Crippen LogP) is -0.180. The smallest absolute Gasteiger partial charge is 0.364 e. The first kappa shape index (κ1) is 9.25. The number of hydrogen-bond donors (Lipinski definition) is 1. The summed E-state index contributed by atoms with van der Waals surface area (Å²) in [6.07, 6.45) is 3.94. The van der Waals surface area contributed by atoms with E-state index in [1.165, 1.54) is 0 Å². The zero-order valence-electron chi connectivity index (χ0n) is 6.93. The second-order valence-electron chi connectivity index (χ2n) is 2.62. The van der Waals surface area contributed by atoms with Gasteiger partial charge in [-0.2, -0.15) is 9.15 Å². The maximum absolute atomic E-state index is 10.3. The Kier molecular flexibility index (Phi) is 3.28. The molecule has 0 saturated heterocycles. The van der Waals surface area contributed by atoms with Crippen molar-refractivity contribution in [2.75, 3.05) is 26.9 Å². The highest BCUT2D eigenvalue weighted by Crippen LogP contribution is 1.87. The number of hydrogen-bond acceptors (Lipinski definition) is 2. The van der Waals surface area contributed by atoms with Crippen LogP contribution in [0.2, 0.25) is 0 Å². The summed E-state index contributed by atoms with van der Waals surface area (Å²) in [6.45, 7) is 1.96. The summed E-state index contributed by atoms with van der Waals surface area (Å²) < 4.78 is 8.77. The van der Waals surface area contributed by atoms with Gasteiger partial charge in [0.1, 0.15) is 7.05 Å². The summed E-state index contributed by atoms with van der Waals surface area (Å²) in [5.74, 6) is 0. The molecule has 1 aliphatic rings. The highest BCUT2D eigenvalue weighted by atomic mass is 32.1. The van der Waals surface area contributed by atoms with Crippen molar-refractivity contribution < 1.29 is 18.7 Å². The van der Waals surface area contributed by atoms with Crippen LogP contribution in [0.4, 0.5) is 4.79 Å². The van der Waals surface area contributed by atoms with Crippen LogP contribution in [0, 0.1) is 0 Å². The van der Waals surface area contributed by atoms with E-state index in [1.54, 1.807) is 0 Å². The van der Waals surface area contributed by atoms with E-state index >= 15 is 0 Å². The third-order valence-corrected chi connectivity index (χ3v) is 1.67. The van der Waals surface area contributed by atoms with Gasteiger partial charge in [0.05, 0.1) is 0 Å².